The summed E-state index contributed by atoms with van der Waals surface area (Å²) in [6.45, 7) is 0.543. The maximum Gasteiger partial charge on any atom is 0.416 e. The van der Waals surface area contributed by atoms with Gasteiger partial charge in [0.2, 0.25) is 0 Å². The molecule has 3 unspecified atom stereocenters. The van der Waals surface area contributed by atoms with Gasteiger partial charge in [0.25, 0.3) is 5.91 Å². The van der Waals surface area contributed by atoms with Crippen LogP contribution in [0.25, 0.3) is 6.08 Å². The molecular weight excluding hydrogens is 554 g/mol. The first-order valence-corrected chi connectivity index (χ1v) is 12.9. The summed E-state index contributed by atoms with van der Waals surface area (Å²) in [6, 6.07) is 4.47. The molecular formula is C25H23F6N2O5S-. The Morgan fingerprint density at radius 3 is 2.33 bits per heavy atom. The van der Waals surface area contributed by atoms with Crippen molar-refractivity contribution in [3.63, 3.8) is 0 Å². The summed E-state index contributed by atoms with van der Waals surface area (Å²) in [7, 11) is 0. The van der Waals surface area contributed by atoms with Gasteiger partial charge in [-0.15, -0.1) is 0 Å². The van der Waals surface area contributed by atoms with Crippen LogP contribution in [0.5, 0.6) is 0 Å². The molecule has 1 aliphatic heterocycles. The molecule has 1 aliphatic carbocycles. The fourth-order valence-corrected chi connectivity index (χ4v) is 5.24. The molecule has 0 aromatic heterocycles. The number of carbonyl (C=O) groups excluding carboxylic acids is 1. The minimum atomic E-state index is -5.12. The molecule has 0 radical (unpaired) electrons. The van der Waals surface area contributed by atoms with E-state index >= 15 is 0 Å². The van der Waals surface area contributed by atoms with E-state index in [9.17, 15) is 39.9 Å². The number of fused-ring (bicyclic) bond motifs is 1. The average Bonchev–Trinajstić information content (AvgIpc) is 3.28. The van der Waals surface area contributed by atoms with Crippen LogP contribution in [-0.4, -0.2) is 27.6 Å². The highest BCUT2D eigenvalue weighted by atomic mass is 32.2. The smallest absolute Gasteiger partial charge is 0.416 e. The van der Waals surface area contributed by atoms with E-state index in [2.05, 4.69) is 5.48 Å². The van der Waals surface area contributed by atoms with Crippen LogP contribution in [-0.2, 0) is 44.4 Å². The average molecular weight is 578 g/mol. The Morgan fingerprint density at radius 2 is 1.74 bits per heavy atom. The maximum atomic E-state index is 13.3. The van der Waals surface area contributed by atoms with Crippen molar-refractivity contribution in [1.29, 1.82) is 0 Å². The van der Waals surface area contributed by atoms with Crippen LogP contribution in [0.15, 0.2) is 42.5 Å². The number of alkyl halides is 6. The van der Waals surface area contributed by atoms with E-state index in [1.54, 1.807) is 12.1 Å². The molecule has 212 valence electrons. The van der Waals surface area contributed by atoms with E-state index in [-0.39, 0.29) is 12.5 Å². The lowest BCUT2D eigenvalue weighted by Crippen LogP contribution is -2.32. The Bertz CT molecular complexity index is 1230. The third-order valence-electron chi connectivity index (χ3n) is 6.34. The molecule has 1 fully saturated rings. The van der Waals surface area contributed by atoms with Crippen molar-refractivity contribution in [2.45, 2.75) is 56.8 Å². The van der Waals surface area contributed by atoms with Crippen LogP contribution in [0.1, 0.15) is 59.5 Å². The van der Waals surface area contributed by atoms with Gasteiger partial charge >= 0.3 is 12.4 Å². The van der Waals surface area contributed by atoms with Gasteiger partial charge in [0, 0.05) is 30.4 Å². The normalized spacial score (nSPS) is 20.6. The van der Waals surface area contributed by atoms with Crippen LogP contribution >= 0.6 is 0 Å². The summed E-state index contributed by atoms with van der Waals surface area (Å²) in [5, 5.41) is 0. The molecule has 0 spiro atoms. The number of benzene rings is 2. The Hall–Kier alpha value is -2.94. The monoisotopic (exact) mass is 577 g/mol. The van der Waals surface area contributed by atoms with Gasteiger partial charge in [0.1, 0.15) is 0 Å². The second-order valence-electron chi connectivity index (χ2n) is 9.03. The van der Waals surface area contributed by atoms with E-state index in [0.29, 0.717) is 52.6 Å². The number of hydrogen-bond donors (Lipinski definition) is 1. The zero-order valence-electron chi connectivity index (χ0n) is 20.2. The molecule has 1 heterocycles. The summed E-state index contributed by atoms with van der Waals surface area (Å²) in [6.07, 6.45) is -5.13. The highest BCUT2D eigenvalue weighted by Crippen LogP contribution is 2.43. The van der Waals surface area contributed by atoms with Crippen LogP contribution < -0.4 is 9.79 Å². The molecule has 1 amide bonds. The number of halogens is 6. The topological polar surface area (TPSA) is 90.9 Å². The maximum absolute atomic E-state index is 13.3. The van der Waals surface area contributed by atoms with E-state index in [4.69, 9.17) is 9.57 Å². The highest BCUT2D eigenvalue weighted by Gasteiger charge is 2.39. The summed E-state index contributed by atoms with van der Waals surface area (Å²) in [4.78, 5) is 17.2. The van der Waals surface area contributed by atoms with Gasteiger partial charge in [-0.2, -0.15) is 26.3 Å². The van der Waals surface area contributed by atoms with Gasteiger partial charge in [-0.3, -0.25) is 13.3 Å². The summed E-state index contributed by atoms with van der Waals surface area (Å²) in [5.41, 5.74) is -0.0407. The van der Waals surface area contributed by atoms with Crippen molar-refractivity contribution in [3.8, 4) is 0 Å². The van der Waals surface area contributed by atoms with Crippen molar-refractivity contribution < 1.29 is 49.5 Å². The summed E-state index contributed by atoms with van der Waals surface area (Å²) in [5.74, 6) is -0.541. The Morgan fingerprint density at radius 1 is 1.05 bits per heavy atom. The second kappa shape index (κ2) is 11.7. The predicted molar refractivity (Wildman–Crippen MR) is 127 cm³/mol. The van der Waals surface area contributed by atoms with E-state index in [1.165, 1.54) is 18.2 Å². The number of nitrogens with zero attached hydrogens (tertiary/aromatic N) is 1. The van der Waals surface area contributed by atoms with E-state index in [1.807, 2.05) is 0 Å². The number of rotatable bonds is 7. The van der Waals surface area contributed by atoms with Gasteiger partial charge in [0.15, 0.2) is 6.29 Å². The van der Waals surface area contributed by atoms with Gasteiger partial charge in [-0.25, -0.2) is 10.3 Å². The first-order chi connectivity index (χ1) is 18.3. The van der Waals surface area contributed by atoms with Crippen molar-refractivity contribution in [1.82, 2.24) is 5.48 Å². The van der Waals surface area contributed by atoms with Crippen molar-refractivity contribution in [2.24, 2.45) is 0 Å². The minimum absolute atomic E-state index is 0.0556. The number of carbonyl (C=O) groups is 1. The Labute approximate surface area is 222 Å². The molecule has 1 N–H and O–H groups in total. The second-order valence-corrected chi connectivity index (χ2v) is 9.86. The quantitative estimate of drug-likeness (QED) is 0.200. The molecule has 2 aromatic rings. The molecule has 14 heteroatoms. The standard InChI is InChI=1S/C25H24F6N2O5S/c26-24(27,28)17-12-18(25(29,30)31)14-19(13-17)33(39(35)36)21-8-6-16-11-15(4-7-20(16)21)5-9-22(34)32-38-23-3-1-2-10-37-23/h4-5,7,9,11-14,21,23H,1-3,6,8,10H2,(H,32,34)(H,35,36)/p-1/b9-5+. The lowest BCUT2D eigenvalue weighted by atomic mass is 10.0. The molecule has 0 bridgehead atoms. The van der Waals surface area contributed by atoms with Crippen LogP contribution in [0.2, 0.25) is 0 Å². The number of aryl methyl sites for hydroxylation is 1. The fraction of sp³-hybridized carbons (Fsp3) is 0.400. The first kappa shape index (κ1) is 29.1. The minimum Gasteiger partial charge on any atom is -0.755 e. The van der Waals surface area contributed by atoms with E-state index in [0.717, 1.165) is 12.8 Å². The molecule has 2 aliphatic rings. The van der Waals surface area contributed by atoms with Gasteiger partial charge in [0.05, 0.1) is 22.9 Å². The number of hydroxylamine groups is 1. The van der Waals surface area contributed by atoms with Crippen LogP contribution in [0.4, 0.5) is 32.0 Å². The zero-order valence-corrected chi connectivity index (χ0v) is 21.0. The van der Waals surface area contributed by atoms with Crippen molar-refractivity contribution in [2.75, 3.05) is 10.9 Å². The lowest BCUT2D eigenvalue weighted by Gasteiger charge is -2.33. The molecule has 4 rings (SSSR count). The fourth-order valence-electron chi connectivity index (χ4n) is 4.53. The lowest BCUT2D eigenvalue weighted by molar-refractivity contribution is -0.198. The van der Waals surface area contributed by atoms with Gasteiger partial charge in [-0.05, 0) is 66.6 Å². The van der Waals surface area contributed by atoms with Gasteiger partial charge in [-0.1, -0.05) is 18.2 Å². The Balaban J connectivity index is 1.54. The first-order valence-electron chi connectivity index (χ1n) is 11.9. The summed E-state index contributed by atoms with van der Waals surface area (Å²) >= 11 is -3.18. The molecule has 3 atom stereocenters. The number of ether oxygens (including phenoxy) is 1. The molecule has 2 aromatic carbocycles. The molecule has 7 nitrogen and oxygen atoms in total. The third kappa shape index (κ3) is 7.18. The highest BCUT2D eigenvalue weighted by molar-refractivity contribution is 7.80. The Kier molecular flexibility index (Phi) is 8.69. The third-order valence-corrected chi connectivity index (χ3v) is 7.13. The number of amides is 1. The van der Waals surface area contributed by atoms with Crippen LogP contribution in [0, 0.1) is 0 Å². The van der Waals surface area contributed by atoms with Gasteiger partial charge < -0.3 is 9.29 Å². The number of anilines is 1. The summed E-state index contributed by atoms with van der Waals surface area (Å²) < 4.78 is 110. The van der Waals surface area contributed by atoms with E-state index < -0.39 is 58.7 Å². The van der Waals surface area contributed by atoms with Crippen molar-refractivity contribution in [3.05, 3.63) is 70.3 Å². The predicted octanol–water partition coefficient (Wildman–Crippen LogP) is 5.60. The van der Waals surface area contributed by atoms with Crippen LogP contribution in [0.3, 0.4) is 0 Å². The zero-order chi connectivity index (χ0) is 28.4. The number of hydrogen-bond acceptors (Lipinski definition) is 5. The number of nitrogens with one attached hydrogen (secondary N) is 1. The molecule has 0 saturated carbocycles. The largest absolute Gasteiger partial charge is 0.755 e. The SMILES string of the molecule is O=C(/C=C/c1ccc2c(c1)CCC2N(c1cc(C(F)(F)F)cc(C(F)(F)F)c1)S(=O)[O-])NOC1CCCCO1. The molecule has 39 heavy (non-hydrogen) atoms. The van der Waals surface area contributed by atoms with Crippen molar-refractivity contribution >= 4 is 28.9 Å². The molecule has 1 saturated heterocycles.